The third kappa shape index (κ3) is 10.4. The van der Waals surface area contributed by atoms with Crippen LogP contribution >= 0.6 is 0 Å². The molecule has 3 rings (SSSR count). The Balaban J connectivity index is 1.47. The second-order valence-electron chi connectivity index (χ2n) is 10.7. The molecule has 37 heavy (non-hydrogen) atoms. The minimum absolute atomic E-state index is 0.399. The SMILES string of the molecule is CCCCCCCCCc1ccc(-c2ccc(-c3ccc(CCCCCCCCC)cc3)c(F)n2)cc1. The smallest absolute Gasteiger partial charge is 0.219 e. The highest BCUT2D eigenvalue weighted by Crippen LogP contribution is 2.26. The van der Waals surface area contributed by atoms with Crippen LogP contribution in [0, 0.1) is 5.95 Å². The number of halogens is 1. The molecule has 0 bridgehead atoms. The van der Waals surface area contributed by atoms with E-state index in [9.17, 15) is 4.39 Å². The highest BCUT2D eigenvalue weighted by molar-refractivity contribution is 5.67. The van der Waals surface area contributed by atoms with E-state index in [1.165, 1.54) is 101 Å². The van der Waals surface area contributed by atoms with Crippen molar-refractivity contribution in [2.75, 3.05) is 0 Å². The van der Waals surface area contributed by atoms with Crippen LogP contribution in [0.2, 0.25) is 0 Å². The Hall–Kier alpha value is -2.48. The van der Waals surface area contributed by atoms with Gasteiger partial charge < -0.3 is 0 Å². The topological polar surface area (TPSA) is 12.9 Å². The summed E-state index contributed by atoms with van der Waals surface area (Å²) >= 11 is 0. The fourth-order valence-electron chi connectivity index (χ4n) is 5.08. The van der Waals surface area contributed by atoms with Crippen molar-refractivity contribution in [3.05, 3.63) is 77.7 Å². The highest BCUT2D eigenvalue weighted by Gasteiger charge is 2.10. The van der Waals surface area contributed by atoms with Gasteiger partial charge in [-0.05, 0) is 54.5 Å². The van der Waals surface area contributed by atoms with Crippen LogP contribution < -0.4 is 0 Å². The molecule has 0 aliphatic carbocycles. The summed E-state index contributed by atoms with van der Waals surface area (Å²) in [6, 6.07) is 20.7. The summed E-state index contributed by atoms with van der Waals surface area (Å²) in [5.74, 6) is -0.399. The molecule has 200 valence electrons. The average Bonchev–Trinajstić information content (AvgIpc) is 2.93. The van der Waals surface area contributed by atoms with Crippen LogP contribution in [-0.2, 0) is 12.8 Å². The van der Waals surface area contributed by atoms with Gasteiger partial charge in [0, 0.05) is 11.1 Å². The summed E-state index contributed by atoms with van der Waals surface area (Å²) < 4.78 is 15.0. The number of unbranched alkanes of at least 4 members (excludes halogenated alkanes) is 12. The minimum Gasteiger partial charge on any atom is -0.219 e. The van der Waals surface area contributed by atoms with E-state index in [1.807, 2.05) is 24.3 Å². The molecule has 0 aliphatic rings. The molecule has 1 heterocycles. The van der Waals surface area contributed by atoms with E-state index in [-0.39, 0.29) is 0 Å². The van der Waals surface area contributed by atoms with Gasteiger partial charge in [0.25, 0.3) is 0 Å². The van der Waals surface area contributed by atoms with Crippen LogP contribution in [0.5, 0.6) is 0 Å². The first-order valence-corrected chi connectivity index (χ1v) is 15.1. The molecule has 1 aromatic heterocycles. The maximum absolute atomic E-state index is 15.0. The molecule has 0 fully saturated rings. The summed E-state index contributed by atoms with van der Waals surface area (Å²) in [6.45, 7) is 4.52. The average molecular weight is 502 g/mol. The van der Waals surface area contributed by atoms with Crippen molar-refractivity contribution >= 4 is 0 Å². The molecule has 0 saturated heterocycles. The Morgan fingerprint density at radius 3 is 1.38 bits per heavy atom. The van der Waals surface area contributed by atoms with E-state index in [0.29, 0.717) is 11.3 Å². The van der Waals surface area contributed by atoms with Gasteiger partial charge in [-0.2, -0.15) is 4.39 Å². The summed E-state index contributed by atoms with van der Waals surface area (Å²) in [5, 5.41) is 0. The molecule has 0 amide bonds. The lowest BCUT2D eigenvalue weighted by molar-refractivity contribution is 0.588. The first-order chi connectivity index (χ1) is 18.2. The molecule has 1 nitrogen and oxygen atoms in total. The Labute approximate surface area is 225 Å². The zero-order chi connectivity index (χ0) is 26.1. The number of pyridine rings is 1. The van der Waals surface area contributed by atoms with Crippen molar-refractivity contribution < 1.29 is 4.39 Å². The second kappa shape index (κ2) is 17.1. The van der Waals surface area contributed by atoms with Gasteiger partial charge >= 0.3 is 0 Å². The maximum Gasteiger partial charge on any atom is 0.221 e. The zero-order valence-corrected chi connectivity index (χ0v) is 23.4. The van der Waals surface area contributed by atoms with Crippen LogP contribution in [0.3, 0.4) is 0 Å². The van der Waals surface area contributed by atoms with E-state index >= 15 is 0 Å². The Morgan fingerprint density at radius 2 is 0.919 bits per heavy atom. The molecule has 0 spiro atoms. The predicted octanol–water partition coefficient (Wildman–Crippen LogP) is 11.1. The Kier molecular flexibility index (Phi) is 13.4. The number of nitrogens with zero attached hydrogens (tertiary/aromatic N) is 1. The van der Waals surface area contributed by atoms with Crippen LogP contribution in [0.25, 0.3) is 22.4 Å². The molecule has 2 aromatic carbocycles. The molecule has 0 saturated carbocycles. The quantitative estimate of drug-likeness (QED) is 0.125. The molecule has 0 atom stereocenters. The lowest BCUT2D eigenvalue weighted by Gasteiger charge is -2.08. The largest absolute Gasteiger partial charge is 0.221 e. The van der Waals surface area contributed by atoms with Gasteiger partial charge in [-0.1, -0.05) is 139 Å². The van der Waals surface area contributed by atoms with E-state index in [4.69, 9.17) is 0 Å². The van der Waals surface area contributed by atoms with Gasteiger partial charge in [0.2, 0.25) is 5.95 Å². The summed E-state index contributed by atoms with van der Waals surface area (Å²) in [7, 11) is 0. The monoisotopic (exact) mass is 501 g/mol. The third-order valence-electron chi connectivity index (χ3n) is 7.50. The molecule has 0 radical (unpaired) electrons. The van der Waals surface area contributed by atoms with Crippen LogP contribution in [0.15, 0.2) is 60.7 Å². The fraction of sp³-hybridized carbons (Fsp3) is 0.514. The Morgan fingerprint density at radius 1 is 0.486 bits per heavy atom. The first kappa shape index (κ1) is 29.1. The van der Waals surface area contributed by atoms with Gasteiger partial charge in [-0.25, -0.2) is 4.98 Å². The molecule has 0 N–H and O–H groups in total. The van der Waals surface area contributed by atoms with Crippen molar-refractivity contribution in [1.29, 1.82) is 0 Å². The van der Waals surface area contributed by atoms with E-state index < -0.39 is 5.95 Å². The van der Waals surface area contributed by atoms with Gasteiger partial charge in [0.1, 0.15) is 0 Å². The lowest BCUT2D eigenvalue weighted by atomic mass is 10.00. The van der Waals surface area contributed by atoms with Gasteiger partial charge in [0.05, 0.1) is 5.69 Å². The van der Waals surface area contributed by atoms with E-state index in [2.05, 4.69) is 55.2 Å². The molecular formula is C35H48FN. The van der Waals surface area contributed by atoms with Gasteiger partial charge in [0.15, 0.2) is 0 Å². The maximum atomic E-state index is 15.0. The predicted molar refractivity (Wildman–Crippen MR) is 158 cm³/mol. The number of hydrogen-bond donors (Lipinski definition) is 0. The molecule has 0 aliphatic heterocycles. The van der Waals surface area contributed by atoms with E-state index in [0.717, 1.165) is 24.0 Å². The van der Waals surface area contributed by atoms with Crippen molar-refractivity contribution in [3.63, 3.8) is 0 Å². The number of hydrogen-bond acceptors (Lipinski definition) is 1. The van der Waals surface area contributed by atoms with E-state index in [1.54, 1.807) is 0 Å². The van der Waals surface area contributed by atoms with Gasteiger partial charge in [-0.3, -0.25) is 0 Å². The zero-order valence-electron chi connectivity index (χ0n) is 23.4. The third-order valence-corrected chi connectivity index (χ3v) is 7.50. The standard InChI is InChI=1S/C35H48FN/c1-3-5-7-9-11-13-15-17-29-19-23-31(24-20-29)33-27-28-34(37-35(33)36)32-25-21-30(22-26-32)18-16-14-12-10-8-6-4-2/h19-28H,3-18H2,1-2H3. The summed E-state index contributed by atoms with van der Waals surface area (Å²) in [6.07, 6.45) is 20.8. The van der Waals surface area contributed by atoms with Crippen LogP contribution in [0.4, 0.5) is 4.39 Å². The Bertz CT molecular complexity index is 1010. The van der Waals surface area contributed by atoms with Crippen LogP contribution in [-0.4, -0.2) is 4.98 Å². The second-order valence-corrected chi connectivity index (χ2v) is 10.7. The molecular weight excluding hydrogens is 453 g/mol. The minimum atomic E-state index is -0.399. The highest BCUT2D eigenvalue weighted by atomic mass is 19.1. The summed E-state index contributed by atoms with van der Waals surface area (Å²) in [5.41, 5.74) is 5.81. The molecule has 0 unspecified atom stereocenters. The number of rotatable bonds is 18. The molecule has 3 aromatic rings. The summed E-state index contributed by atoms with van der Waals surface area (Å²) in [4.78, 5) is 4.31. The fourth-order valence-corrected chi connectivity index (χ4v) is 5.08. The van der Waals surface area contributed by atoms with Crippen molar-refractivity contribution in [1.82, 2.24) is 4.98 Å². The van der Waals surface area contributed by atoms with Crippen molar-refractivity contribution in [2.45, 2.75) is 117 Å². The number of benzene rings is 2. The molecule has 2 heteroatoms. The number of aromatic nitrogens is 1. The number of aryl methyl sites for hydroxylation is 2. The lowest BCUT2D eigenvalue weighted by Crippen LogP contribution is -1.94. The van der Waals surface area contributed by atoms with Crippen molar-refractivity contribution in [2.24, 2.45) is 0 Å². The van der Waals surface area contributed by atoms with Gasteiger partial charge in [-0.15, -0.1) is 0 Å². The van der Waals surface area contributed by atoms with Crippen molar-refractivity contribution in [3.8, 4) is 22.4 Å². The van der Waals surface area contributed by atoms with Crippen LogP contribution in [0.1, 0.15) is 115 Å². The normalized spacial score (nSPS) is 11.2. The first-order valence-electron chi connectivity index (χ1n) is 15.1.